The third-order valence-corrected chi connectivity index (χ3v) is 5.33. The van der Waals surface area contributed by atoms with Crippen LogP contribution in [0.25, 0.3) is 0 Å². The fraction of sp³-hybridized carbons (Fsp3) is 0.167. The standard InChI is InChI=1S/C24H19F3N2O3/c1-14(15-2-4-17(25)5-3-15)29-12-16-10-19(7-9-22(16)32-13-23(29)30)28-24(31)20-8-6-18(26)11-21(20)27/h2-11,14H,12-13H2,1H3,(H,28,31)/t14-/m1/s1. The number of anilines is 1. The first-order valence-corrected chi connectivity index (χ1v) is 9.89. The Kier molecular flexibility index (Phi) is 5.85. The van der Waals surface area contributed by atoms with Gasteiger partial charge in [0.25, 0.3) is 11.8 Å². The number of nitrogens with zero attached hydrogens (tertiary/aromatic N) is 1. The molecule has 1 aliphatic rings. The van der Waals surface area contributed by atoms with Gasteiger partial charge in [0.05, 0.1) is 18.2 Å². The van der Waals surface area contributed by atoms with Crippen molar-refractivity contribution < 1.29 is 27.5 Å². The Morgan fingerprint density at radius 3 is 2.44 bits per heavy atom. The molecule has 5 nitrogen and oxygen atoms in total. The molecule has 0 aromatic heterocycles. The molecule has 164 valence electrons. The minimum absolute atomic E-state index is 0.162. The summed E-state index contributed by atoms with van der Waals surface area (Å²) in [6, 6.07) is 13.1. The van der Waals surface area contributed by atoms with E-state index in [0.717, 1.165) is 17.7 Å². The summed E-state index contributed by atoms with van der Waals surface area (Å²) >= 11 is 0. The molecular formula is C24H19F3N2O3. The van der Waals surface area contributed by atoms with E-state index in [0.29, 0.717) is 23.1 Å². The summed E-state index contributed by atoms with van der Waals surface area (Å²) in [6.45, 7) is 1.87. The van der Waals surface area contributed by atoms with Crippen molar-refractivity contribution in [1.29, 1.82) is 0 Å². The Bertz CT molecular complexity index is 1180. The van der Waals surface area contributed by atoms with Gasteiger partial charge in [0.1, 0.15) is 23.2 Å². The van der Waals surface area contributed by atoms with Gasteiger partial charge in [-0.3, -0.25) is 9.59 Å². The SMILES string of the molecule is C[C@H](c1ccc(F)cc1)N1Cc2cc(NC(=O)c3ccc(F)cc3F)ccc2OCC1=O. The summed E-state index contributed by atoms with van der Waals surface area (Å²) < 4.78 is 45.9. The third kappa shape index (κ3) is 4.44. The number of carbonyl (C=O) groups is 2. The number of hydrogen-bond acceptors (Lipinski definition) is 3. The van der Waals surface area contributed by atoms with Crippen molar-refractivity contribution in [2.45, 2.75) is 19.5 Å². The highest BCUT2D eigenvalue weighted by atomic mass is 19.1. The average Bonchev–Trinajstić information content (AvgIpc) is 2.92. The Morgan fingerprint density at radius 2 is 1.72 bits per heavy atom. The summed E-state index contributed by atoms with van der Waals surface area (Å²) in [4.78, 5) is 26.7. The molecule has 0 radical (unpaired) electrons. The largest absolute Gasteiger partial charge is 0.483 e. The van der Waals surface area contributed by atoms with Crippen molar-refractivity contribution in [1.82, 2.24) is 4.90 Å². The van der Waals surface area contributed by atoms with Crippen LogP contribution in [-0.2, 0) is 11.3 Å². The highest BCUT2D eigenvalue weighted by Gasteiger charge is 2.27. The highest BCUT2D eigenvalue weighted by molar-refractivity contribution is 6.04. The minimum atomic E-state index is -0.967. The van der Waals surface area contributed by atoms with E-state index in [2.05, 4.69) is 5.32 Å². The van der Waals surface area contributed by atoms with Crippen LogP contribution in [0.2, 0.25) is 0 Å². The van der Waals surface area contributed by atoms with Gasteiger partial charge < -0.3 is 15.0 Å². The third-order valence-electron chi connectivity index (χ3n) is 5.33. The molecule has 1 aliphatic heterocycles. The molecule has 0 fully saturated rings. The van der Waals surface area contributed by atoms with Gasteiger partial charge in [0.2, 0.25) is 0 Å². The summed E-state index contributed by atoms with van der Waals surface area (Å²) in [7, 11) is 0. The predicted molar refractivity (Wildman–Crippen MR) is 112 cm³/mol. The molecule has 8 heteroatoms. The van der Waals surface area contributed by atoms with Gasteiger partial charge in [-0.1, -0.05) is 12.1 Å². The van der Waals surface area contributed by atoms with Gasteiger partial charge in [-0.2, -0.15) is 0 Å². The van der Waals surface area contributed by atoms with E-state index in [4.69, 9.17) is 4.74 Å². The summed E-state index contributed by atoms with van der Waals surface area (Å²) in [5.41, 5.74) is 1.48. The second kappa shape index (κ2) is 8.74. The molecule has 0 bridgehead atoms. The van der Waals surface area contributed by atoms with E-state index in [1.54, 1.807) is 35.2 Å². The number of halogens is 3. The molecule has 0 unspecified atom stereocenters. The molecule has 1 N–H and O–H groups in total. The van der Waals surface area contributed by atoms with Crippen LogP contribution in [0.1, 0.15) is 34.5 Å². The molecule has 0 aliphatic carbocycles. The van der Waals surface area contributed by atoms with Crippen LogP contribution in [0, 0.1) is 17.5 Å². The number of fused-ring (bicyclic) bond motifs is 1. The molecule has 1 heterocycles. The van der Waals surface area contributed by atoms with Crippen LogP contribution in [0.3, 0.4) is 0 Å². The molecule has 3 aromatic rings. The van der Waals surface area contributed by atoms with Crippen molar-refractivity contribution in [3.63, 3.8) is 0 Å². The van der Waals surface area contributed by atoms with E-state index >= 15 is 0 Å². The normalized spacial score (nSPS) is 14.2. The number of hydrogen-bond donors (Lipinski definition) is 1. The zero-order chi connectivity index (χ0) is 22.8. The predicted octanol–water partition coefficient (Wildman–Crippen LogP) is 4.84. The Hall–Kier alpha value is -3.81. The quantitative estimate of drug-likeness (QED) is 0.632. The van der Waals surface area contributed by atoms with Gasteiger partial charge in [0.15, 0.2) is 6.61 Å². The molecular weight excluding hydrogens is 421 g/mol. The van der Waals surface area contributed by atoms with E-state index in [9.17, 15) is 22.8 Å². The summed E-state index contributed by atoms with van der Waals surface area (Å²) in [5.74, 6) is -2.60. The smallest absolute Gasteiger partial charge is 0.261 e. The van der Waals surface area contributed by atoms with Crippen molar-refractivity contribution in [2.24, 2.45) is 0 Å². The Labute approximate surface area is 182 Å². The average molecular weight is 440 g/mol. The van der Waals surface area contributed by atoms with Crippen molar-refractivity contribution in [2.75, 3.05) is 11.9 Å². The lowest BCUT2D eigenvalue weighted by molar-refractivity contribution is -0.135. The van der Waals surface area contributed by atoms with Gasteiger partial charge in [-0.25, -0.2) is 13.2 Å². The molecule has 3 aromatic carbocycles. The van der Waals surface area contributed by atoms with Crippen molar-refractivity contribution in [3.05, 3.63) is 94.8 Å². The summed E-state index contributed by atoms with van der Waals surface area (Å²) in [6.07, 6.45) is 0. The Balaban J connectivity index is 1.57. The number of nitrogens with one attached hydrogen (secondary N) is 1. The highest BCUT2D eigenvalue weighted by Crippen LogP contribution is 2.31. The molecule has 1 atom stereocenters. The van der Waals surface area contributed by atoms with E-state index in [1.165, 1.54) is 12.1 Å². The topological polar surface area (TPSA) is 58.6 Å². The second-order valence-electron chi connectivity index (χ2n) is 7.44. The molecule has 0 spiro atoms. The minimum Gasteiger partial charge on any atom is -0.483 e. The van der Waals surface area contributed by atoms with Crippen molar-refractivity contribution in [3.8, 4) is 5.75 Å². The lowest BCUT2D eigenvalue weighted by atomic mass is 10.1. The van der Waals surface area contributed by atoms with Crippen LogP contribution in [0.5, 0.6) is 5.75 Å². The van der Waals surface area contributed by atoms with Crippen LogP contribution in [0.4, 0.5) is 18.9 Å². The van der Waals surface area contributed by atoms with Crippen LogP contribution in [-0.4, -0.2) is 23.3 Å². The number of rotatable bonds is 4. The van der Waals surface area contributed by atoms with E-state index in [1.807, 2.05) is 6.92 Å². The number of benzene rings is 3. The maximum absolute atomic E-state index is 13.9. The fourth-order valence-electron chi connectivity index (χ4n) is 3.56. The summed E-state index contributed by atoms with van der Waals surface area (Å²) in [5, 5.41) is 2.58. The Morgan fingerprint density at radius 1 is 1.00 bits per heavy atom. The molecule has 32 heavy (non-hydrogen) atoms. The van der Waals surface area contributed by atoms with Crippen LogP contribution in [0.15, 0.2) is 60.7 Å². The van der Waals surface area contributed by atoms with E-state index < -0.39 is 17.5 Å². The zero-order valence-electron chi connectivity index (χ0n) is 17.1. The number of ether oxygens (including phenoxy) is 1. The van der Waals surface area contributed by atoms with Gasteiger partial charge in [-0.15, -0.1) is 0 Å². The van der Waals surface area contributed by atoms with Gasteiger partial charge in [0, 0.05) is 17.3 Å². The lowest BCUT2D eigenvalue weighted by Crippen LogP contribution is -2.34. The lowest BCUT2D eigenvalue weighted by Gasteiger charge is -2.28. The molecule has 2 amide bonds. The van der Waals surface area contributed by atoms with E-state index in [-0.39, 0.29) is 36.5 Å². The van der Waals surface area contributed by atoms with Crippen molar-refractivity contribution >= 4 is 17.5 Å². The first kappa shape index (κ1) is 21.4. The number of amides is 2. The maximum Gasteiger partial charge on any atom is 0.261 e. The van der Waals surface area contributed by atoms with Crippen LogP contribution < -0.4 is 10.1 Å². The zero-order valence-corrected chi connectivity index (χ0v) is 17.1. The first-order valence-electron chi connectivity index (χ1n) is 9.89. The number of carbonyl (C=O) groups excluding carboxylic acids is 2. The first-order chi connectivity index (χ1) is 15.3. The monoisotopic (exact) mass is 440 g/mol. The molecule has 4 rings (SSSR count). The molecule has 0 saturated heterocycles. The van der Waals surface area contributed by atoms with Crippen LogP contribution >= 0.6 is 0 Å². The van der Waals surface area contributed by atoms with Gasteiger partial charge >= 0.3 is 0 Å². The molecule has 0 saturated carbocycles. The van der Waals surface area contributed by atoms with Gasteiger partial charge in [-0.05, 0) is 55.0 Å². The second-order valence-corrected chi connectivity index (χ2v) is 7.44. The maximum atomic E-state index is 13.9. The fourth-order valence-corrected chi connectivity index (χ4v) is 3.56.